The number of rotatable bonds is 1. The first-order valence-electron chi connectivity index (χ1n) is 6.74. The maximum Gasteiger partial charge on any atom is 0.166 e. The molecule has 1 atom stereocenters. The number of carbonyl (C=O) groups is 1. The molecule has 19 heavy (non-hydrogen) atoms. The first kappa shape index (κ1) is 12.2. The number of aryl methyl sites for hydroxylation is 1. The molecule has 1 heterocycles. The summed E-state index contributed by atoms with van der Waals surface area (Å²) >= 11 is 0. The number of fused-ring (bicyclic) bond motifs is 1. The third-order valence-electron chi connectivity index (χ3n) is 4.05. The van der Waals surface area contributed by atoms with Gasteiger partial charge in [0.15, 0.2) is 5.78 Å². The van der Waals surface area contributed by atoms with Crippen LogP contribution >= 0.6 is 0 Å². The van der Waals surface area contributed by atoms with Gasteiger partial charge in [0.25, 0.3) is 0 Å². The normalized spacial score (nSPS) is 18.5. The Hall–Kier alpha value is -1.90. The predicted molar refractivity (Wildman–Crippen MR) is 74.9 cm³/mol. The first-order valence-corrected chi connectivity index (χ1v) is 6.74. The fourth-order valence-corrected chi connectivity index (χ4v) is 2.80. The van der Waals surface area contributed by atoms with Gasteiger partial charge in [0.05, 0.1) is 23.1 Å². The Kier molecular flexibility index (Phi) is 2.77. The Labute approximate surface area is 113 Å². The minimum absolute atomic E-state index is 0.227. The third kappa shape index (κ3) is 1.89. The zero-order chi connectivity index (χ0) is 13.6. The van der Waals surface area contributed by atoms with Gasteiger partial charge in [-0.25, -0.2) is 4.68 Å². The topological polar surface area (TPSA) is 34.9 Å². The van der Waals surface area contributed by atoms with Gasteiger partial charge in [-0.3, -0.25) is 4.79 Å². The molecule has 1 aliphatic carbocycles. The lowest BCUT2D eigenvalue weighted by Gasteiger charge is -2.19. The van der Waals surface area contributed by atoms with Crippen molar-refractivity contribution >= 4 is 5.78 Å². The van der Waals surface area contributed by atoms with E-state index in [2.05, 4.69) is 38.0 Å². The molecule has 1 unspecified atom stereocenters. The summed E-state index contributed by atoms with van der Waals surface area (Å²) in [6.45, 7) is 6.33. The fraction of sp³-hybridized carbons (Fsp3) is 0.375. The maximum absolute atomic E-state index is 12.0. The second kappa shape index (κ2) is 4.34. The molecule has 0 spiro atoms. The lowest BCUT2D eigenvalue weighted by molar-refractivity contribution is 0.0952. The van der Waals surface area contributed by atoms with Crippen LogP contribution in [0.4, 0.5) is 0 Å². The van der Waals surface area contributed by atoms with E-state index in [0.717, 1.165) is 23.4 Å². The summed E-state index contributed by atoms with van der Waals surface area (Å²) in [5.41, 5.74) is 5.43. The Morgan fingerprint density at radius 1 is 1.26 bits per heavy atom. The second-order valence-corrected chi connectivity index (χ2v) is 5.57. The Morgan fingerprint density at radius 2 is 2.05 bits per heavy atom. The van der Waals surface area contributed by atoms with E-state index in [9.17, 15) is 4.79 Å². The van der Waals surface area contributed by atoms with E-state index in [4.69, 9.17) is 0 Å². The average molecular weight is 254 g/mol. The monoisotopic (exact) mass is 254 g/mol. The van der Waals surface area contributed by atoms with Gasteiger partial charge in [-0.1, -0.05) is 19.1 Å². The maximum atomic E-state index is 12.0. The second-order valence-electron chi connectivity index (χ2n) is 5.57. The van der Waals surface area contributed by atoms with Crippen molar-refractivity contribution in [2.75, 3.05) is 0 Å². The third-order valence-corrected chi connectivity index (χ3v) is 4.05. The molecule has 3 nitrogen and oxygen atoms in total. The summed E-state index contributed by atoms with van der Waals surface area (Å²) in [7, 11) is 0. The van der Waals surface area contributed by atoms with Crippen LogP contribution in [0.5, 0.6) is 0 Å². The number of hydrogen-bond donors (Lipinski definition) is 0. The molecular formula is C16H18N2O. The molecule has 1 aromatic heterocycles. The van der Waals surface area contributed by atoms with Crippen LogP contribution in [0, 0.1) is 19.8 Å². The number of Topliss-reactive ketones (excluding diaryl/α,β-unsaturated/α-hetero) is 1. The molecule has 0 fully saturated rings. The molecule has 0 saturated carbocycles. The largest absolute Gasteiger partial charge is 0.294 e. The number of benzene rings is 1. The summed E-state index contributed by atoms with van der Waals surface area (Å²) in [6.07, 6.45) is 3.30. The smallest absolute Gasteiger partial charge is 0.166 e. The van der Waals surface area contributed by atoms with E-state index in [0.29, 0.717) is 12.3 Å². The number of aromatic nitrogens is 2. The standard InChI is InChI=1S/C16H18N2O/c1-10-7-15-13(16(19)8-10)9-17-18(15)14-6-4-5-11(2)12(14)3/h4-6,9-10H,7-8H2,1-3H3. The Balaban J connectivity index is 2.18. The number of nitrogens with zero attached hydrogens (tertiary/aromatic N) is 2. The van der Waals surface area contributed by atoms with Gasteiger partial charge < -0.3 is 0 Å². The van der Waals surface area contributed by atoms with E-state index < -0.39 is 0 Å². The van der Waals surface area contributed by atoms with Crippen molar-refractivity contribution in [1.29, 1.82) is 0 Å². The van der Waals surface area contributed by atoms with Crippen LogP contribution in [-0.2, 0) is 6.42 Å². The van der Waals surface area contributed by atoms with Crippen molar-refractivity contribution in [3.63, 3.8) is 0 Å². The van der Waals surface area contributed by atoms with Gasteiger partial charge in [0.1, 0.15) is 0 Å². The molecule has 0 radical (unpaired) electrons. The fourth-order valence-electron chi connectivity index (χ4n) is 2.80. The SMILES string of the molecule is Cc1cccc(-n2ncc3c2CC(C)CC3=O)c1C. The molecule has 0 amide bonds. The van der Waals surface area contributed by atoms with Gasteiger partial charge in [-0.05, 0) is 43.4 Å². The highest BCUT2D eigenvalue weighted by molar-refractivity contribution is 5.98. The highest BCUT2D eigenvalue weighted by Crippen LogP contribution is 2.28. The minimum atomic E-state index is 0.227. The van der Waals surface area contributed by atoms with Gasteiger partial charge in [-0.2, -0.15) is 5.10 Å². The quantitative estimate of drug-likeness (QED) is 0.783. The molecular weight excluding hydrogens is 236 g/mol. The van der Waals surface area contributed by atoms with Crippen molar-refractivity contribution in [3.05, 3.63) is 46.8 Å². The molecule has 0 bridgehead atoms. The molecule has 1 aliphatic rings. The van der Waals surface area contributed by atoms with Crippen molar-refractivity contribution in [3.8, 4) is 5.69 Å². The van der Waals surface area contributed by atoms with Crippen molar-refractivity contribution < 1.29 is 4.79 Å². The van der Waals surface area contributed by atoms with Gasteiger partial charge in [0, 0.05) is 6.42 Å². The lowest BCUT2D eigenvalue weighted by atomic mass is 9.88. The number of ketones is 1. The van der Waals surface area contributed by atoms with E-state index in [-0.39, 0.29) is 5.78 Å². The highest BCUT2D eigenvalue weighted by atomic mass is 16.1. The van der Waals surface area contributed by atoms with Crippen LogP contribution in [-0.4, -0.2) is 15.6 Å². The van der Waals surface area contributed by atoms with Crippen molar-refractivity contribution in [2.45, 2.75) is 33.6 Å². The molecule has 0 saturated heterocycles. The predicted octanol–water partition coefficient (Wildman–Crippen LogP) is 3.25. The van der Waals surface area contributed by atoms with Gasteiger partial charge >= 0.3 is 0 Å². The van der Waals surface area contributed by atoms with Crippen molar-refractivity contribution in [1.82, 2.24) is 9.78 Å². The van der Waals surface area contributed by atoms with E-state index in [1.54, 1.807) is 6.20 Å². The number of hydrogen-bond acceptors (Lipinski definition) is 2. The Morgan fingerprint density at radius 3 is 2.84 bits per heavy atom. The molecule has 98 valence electrons. The molecule has 2 aromatic rings. The molecule has 1 aromatic carbocycles. The highest BCUT2D eigenvalue weighted by Gasteiger charge is 2.27. The molecule has 3 rings (SSSR count). The summed E-state index contributed by atoms with van der Waals surface area (Å²) < 4.78 is 1.95. The van der Waals surface area contributed by atoms with Crippen LogP contribution in [0.15, 0.2) is 24.4 Å². The van der Waals surface area contributed by atoms with Gasteiger partial charge in [-0.15, -0.1) is 0 Å². The average Bonchev–Trinajstić information content (AvgIpc) is 2.76. The Bertz CT molecular complexity index is 655. The summed E-state index contributed by atoms with van der Waals surface area (Å²) in [5, 5.41) is 4.45. The molecule has 3 heteroatoms. The van der Waals surface area contributed by atoms with E-state index in [1.807, 2.05) is 10.7 Å². The summed E-state index contributed by atoms with van der Waals surface area (Å²) in [6, 6.07) is 6.21. The first-order chi connectivity index (χ1) is 9.08. The lowest BCUT2D eigenvalue weighted by Crippen LogP contribution is -2.19. The number of carbonyl (C=O) groups excluding carboxylic acids is 1. The zero-order valence-corrected chi connectivity index (χ0v) is 11.6. The van der Waals surface area contributed by atoms with Crippen LogP contribution in [0.1, 0.15) is 40.5 Å². The zero-order valence-electron chi connectivity index (χ0n) is 11.6. The van der Waals surface area contributed by atoms with Gasteiger partial charge in [0.2, 0.25) is 0 Å². The van der Waals surface area contributed by atoms with Crippen molar-refractivity contribution in [2.24, 2.45) is 5.92 Å². The van der Waals surface area contributed by atoms with E-state index >= 15 is 0 Å². The summed E-state index contributed by atoms with van der Waals surface area (Å²) in [5.74, 6) is 0.630. The van der Waals surface area contributed by atoms with Crippen LogP contribution in [0.2, 0.25) is 0 Å². The van der Waals surface area contributed by atoms with Crippen LogP contribution in [0.3, 0.4) is 0 Å². The summed E-state index contributed by atoms with van der Waals surface area (Å²) in [4.78, 5) is 12.0. The minimum Gasteiger partial charge on any atom is -0.294 e. The van der Waals surface area contributed by atoms with Crippen LogP contribution in [0.25, 0.3) is 5.69 Å². The van der Waals surface area contributed by atoms with E-state index in [1.165, 1.54) is 11.1 Å². The molecule has 0 aliphatic heterocycles. The molecule has 0 N–H and O–H groups in total. The van der Waals surface area contributed by atoms with Crippen LogP contribution < -0.4 is 0 Å².